The molecule has 0 N–H and O–H groups in total. The Bertz CT molecular complexity index is 478. The first-order valence-corrected chi connectivity index (χ1v) is 15.2. The summed E-state index contributed by atoms with van der Waals surface area (Å²) in [5, 5.41) is -0.589. The van der Waals surface area contributed by atoms with Crippen molar-refractivity contribution >= 4 is 8.03 Å². The van der Waals surface area contributed by atoms with Crippen molar-refractivity contribution in [1.29, 1.82) is 0 Å². The third kappa shape index (κ3) is 13.5. The molecule has 32 heavy (non-hydrogen) atoms. The Morgan fingerprint density at radius 2 is 1.12 bits per heavy atom. The van der Waals surface area contributed by atoms with Crippen molar-refractivity contribution in [2.45, 2.75) is 148 Å². The fourth-order valence-corrected chi connectivity index (χ4v) is 6.27. The fraction of sp³-hybridized carbons (Fsp3) is 0.929. The lowest BCUT2D eigenvalue weighted by Gasteiger charge is -2.42. The molecule has 0 aromatic rings. The standard InChI is InChI=1S/C28H57NO2P/c1-6-9-10-11-12-13-14-15-16-17-18-19-20-21-22-23-24-25-26-28(8-3,32(30)31)29(4,5)27-7-2/h15-16H,6-14,17-27H2,1-5H3/q+1/b16-15-. The molecule has 2 atom stereocenters. The second-order valence-electron chi connectivity index (χ2n) is 10.4. The molecule has 0 aliphatic heterocycles. The van der Waals surface area contributed by atoms with Crippen molar-refractivity contribution in [1.82, 2.24) is 0 Å². The van der Waals surface area contributed by atoms with Crippen LogP contribution in [0.3, 0.4) is 0 Å². The highest BCUT2D eigenvalue weighted by atomic mass is 31.1. The molecule has 0 bridgehead atoms. The molecule has 3 nitrogen and oxygen atoms in total. The lowest BCUT2D eigenvalue weighted by atomic mass is 10.00. The number of allylic oxidation sites excluding steroid dienone is 2. The van der Waals surface area contributed by atoms with E-state index in [4.69, 9.17) is 0 Å². The maximum absolute atomic E-state index is 12.2. The summed E-state index contributed by atoms with van der Waals surface area (Å²) < 4.78 is 12.8. The summed E-state index contributed by atoms with van der Waals surface area (Å²) in [7, 11) is 1.77. The molecule has 0 aliphatic rings. The van der Waals surface area contributed by atoms with Gasteiger partial charge in [-0.15, -0.1) is 0 Å². The summed E-state index contributed by atoms with van der Waals surface area (Å²) in [6, 6.07) is 0. The Morgan fingerprint density at radius 3 is 1.53 bits per heavy atom. The van der Waals surface area contributed by atoms with Crippen molar-refractivity contribution in [3.63, 3.8) is 0 Å². The van der Waals surface area contributed by atoms with E-state index < -0.39 is 13.3 Å². The van der Waals surface area contributed by atoms with E-state index in [2.05, 4.69) is 40.1 Å². The van der Waals surface area contributed by atoms with E-state index in [0.29, 0.717) is 10.9 Å². The van der Waals surface area contributed by atoms with Crippen molar-refractivity contribution < 1.29 is 13.9 Å². The summed E-state index contributed by atoms with van der Waals surface area (Å²) in [6.07, 6.45) is 28.2. The fourth-order valence-electron chi connectivity index (χ4n) is 5.13. The van der Waals surface area contributed by atoms with Gasteiger partial charge in [0.2, 0.25) is 0 Å². The van der Waals surface area contributed by atoms with Crippen LogP contribution in [-0.4, -0.2) is 30.4 Å². The van der Waals surface area contributed by atoms with E-state index in [1.807, 2.05) is 6.92 Å². The number of hydrogen-bond donors (Lipinski definition) is 0. The van der Waals surface area contributed by atoms with E-state index in [-0.39, 0.29) is 0 Å². The number of nitrogens with zero attached hydrogens (tertiary/aromatic N) is 1. The Kier molecular flexibility index (Phi) is 20.0. The zero-order valence-corrected chi connectivity index (χ0v) is 23.4. The number of quaternary nitrogens is 1. The van der Waals surface area contributed by atoms with Gasteiger partial charge in [-0.05, 0) is 38.5 Å². The van der Waals surface area contributed by atoms with Gasteiger partial charge in [0.05, 0.1) is 20.6 Å². The van der Waals surface area contributed by atoms with E-state index in [1.165, 1.54) is 89.9 Å². The summed E-state index contributed by atoms with van der Waals surface area (Å²) in [5.74, 6) is 0. The van der Waals surface area contributed by atoms with Crippen molar-refractivity contribution in [2.24, 2.45) is 0 Å². The first-order valence-electron chi connectivity index (χ1n) is 14.0. The Balaban J connectivity index is 3.75. The van der Waals surface area contributed by atoms with Gasteiger partial charge in [-0.3, -0.25) is 4.48 Å². The van der Waals surface area contributed by atoms with Crippen molar-refractivity contribution in [2.75, 3.05) is 20.6 Å². The van der Waals surface area contributed by atoms with Gasteiger partial charge in [-0.25, -0.2) is 0 Å². The van der Waals surface area contributed by atoms with Crippen LogP contribution < -0.4 is 4.89 Å². The Hall–Kier alpha value is -0.240. The molecule has 0 heterocycles. The van der Waals surface area contributed by atoms with E-state index in [1.54, 1.807) is 0 Å². The van der Waals surface area contributed by atoms with Gasteiger partial charge in [0.1, 0.15) is 0 Å². The van der Waals surface area contributed by atoms with E-state index in [9.17, 15) is 9.46 Å². The van der Waals surface area contributed by atoms with Crippen LogP contribution in [0.4, 0.5) is 0 Å². The lowest BCUT2D eigenvalue weighted by molar-refractivity contribution is -0.928. The molecular weight excluding hydrogens is 413 g/mol. The maximum Gasteiger partial charge on any atom is 0.376 e. The monoisotopic (exact) mass is 470 g/mol. The zero-order chi connectivity index (χ0) is 24.1. The number of rotatable bonds is 23. The van der Waals surface area contributed by atoms with Gasteiger partial charge in [0, 0.05) is 12.8 Å². The van der Waals surface area contributed by atoms with Crippen molar-refractivity contribution in [3.05, 3.63) is 12.2 Å². The predicted molar refractivity (Wildman–Crippen MR) is 141 cm³/mol. The summed E-state index contributed by atoms with van der Waals surface area (Å²) in [6.45, 7) is 7.39. The van der Waals surface area contributed by atoms with Crippen LogP contribution in [0.5, 0.6) is 0 Å². The molecule has 4 heteroatoms. The minimum Gasteiger partial charge on any atom is -0.590 e. The quantitative estimate of drug-likeness (QED) is 0.0647. The van der Waals surface area contributed by atoms with Crippen LogP contribution in [0.25, 0.3) is 0 Å². The van der Waals surface area contributed by atoms with Gasteiger partial charge < -0.3 is 4.89 Å². The molecule has 0 saturated heterocycles. The zero-order valence-electron chi connectivity index (χ0n) is 22.5. The second-order valence-corrected chi connectivity index (χ2v) is 11.7. The van der Waals surface area contributed by atoms with Crippen LogP contribution in [0.15, 0.2) is 12.2 Å². The van der Waals surface area contributed by atoms with Gasteiger partial charge in [0.25, 0.3) is 5.28 Å². The molecule has 0 rings (SSSR count). The molecule has 0 amide bonds. The van der Waals surface area contributed by atoms with Crippen LogP contribution in [0.2, 0.25) is 0 Å². The molecule has 0 radical (unpaired) electrons. The number of hydrogen-bond acceptors (Lipinski definition) is 2. The molecule has 0 aromatic carbocycles. The largest absolute Gasteiger partial charge is 0.590 e. The summed E-state index contributed by atoms with van der Waals surface area (Å²) in [4.78, 5) is 12.2. The van der Waals surface area contributed by atoms with Gasteiger partial charge >= 0.3 is 8.03 Å². The normalized spacial score (nSPS) is 14.8. The lowest BCUT2D eigenvalue weighted by Crippen LogP contribution is -2.58. The third-order valence-electron chi connectivity index (χ3n) is 7.40. The highest BCUT2D eigenvalue weighted by molar-refractivity contribution is 7.38. The molecule has 190 valence electrons. The molecule has 2 unspecified atom stereocenters. The highest BCUT2D eigenvalue weighted by Crippen LogP contribution is 2.46. The average Bonchev–Trinajstić information content (AvgIpc) is 2.75. The highest BCUT2D eigenvalue weighted by Gasteiger charge is 2.54. The molecule has 0 aromatic heterocycles. The molecule has 0 aliphatic carbocycles. The number of unbranched alkanes of at least 4 members (excludes halogenated alkanes) is 14. The molecule has 0 fully saturated rings. The SMILES string of the molecule is CCCCCCCC/C=C\CCCCCCCCCCC(CC)([P+](=O)[O-])[N+](C)(C)CCC. The van der Waals surface area contributed by atoms with Crippen LogP contribution >= 0.6 is 8.03 Å². The smallest absolute Gasteiger partial charge is 0.376 e. The Morgan fingerprint density at radius 1 is 0.688 bits per heavy atom. The summed E-state index contributed by atoms with van der Waals surface area (Å²) in [5.41, 5.74) is 0. The molecule has 0 saturated carbocycles. The molecular formula is C28H57NO2P+. The predicted octanol–water partition coefficient (Wildman–Crippen LogP) is 8.89. The van der Waals surface area contributed by atoms with Gasteiger partial charge in [-0.1, -0.05) is 108 Å². The Labute approximate surface area is 202 Å². The van der Waals surface area contributed by atoms with Crippen LogP contribution in [-0.2, 0) is 4.57 Å². The maximum atomic E-state index is 12.2. The van der Waals surface area contributed by atoms with Gasteiger partial charge in [0.15, 0.2) is 0 Å². The van der Waals surface area contributed by atoms with Crippen molar-refractivity contribution in [3.8, 4) is 0 Å². The molecule has 0 spiro atoms. The topological polar surface area (TPSA) is 40.1 Å². The third-order valence-corrected chi connectivity index (χ3v) is 9.17. The first-order chi connectivity index (χ1) is 15.4. The van der Waals surface area contributed by atoms with Crippen LogP contribution in [0, 0.1) is 0 Å². The minimum atomic E-state index is -2.43. The average molecular weight is 471 g/mol. The summed E-state index contributed by atoms with van der Waals surface area (Å²) >= 11 is 0. The van der Waals surface area contributed by atoms with E-state index in [0.717, 1.165) is 32.2 Å². The second kappa shape index (κ2) is 20.2. The van der Waals surface area contributed by atoms with Crippen LogP contribution in [0.1, 0.15) is 143 Å². The minimum absolute atomic E-state index is 0.589. The van der Waals surface area contributed by atoms with E-state index >= 15 is 0 Å². The first kappa shape index (κ1) is 31.8. The van der Waals surface area contributed by atoms with Gasteiger partial charge in [-0.2, -0.15) is 0 Å².